The zero-order valence-corrected chi connectivity index (χ0v) is 8.17. The summed E-state index contributed by atoms with van der Waals surface area (Å²) in [5.41, 5.74) is 6.06. The van der Waals surface area contributed by atoms with Crippen molar-refractivity contribution in [3.63, 3.8) is 0 Å². The predicted molar refractivity (Wildman–Crippen MR) is 50.4 cm³/mol. The Morgan fingerprint density at radius 1 is 1.69 bits per heavy atom. The zero-order valence-electron chi connectivity index (χ0n) is 7.35. The molecule has 2 heterocycles. The van der Waals surface area contributed by atoms with Crippen molar-refractivity contribution in [2.45, 2.75) is 18.9 Å². The summed E-state index contributed by atoms with van der Waals surface area (Å²) in [5, 5.41) is 3.79. The molecule has 13 heavy (non-hydrogen) atoms. The van der Waals surface area contributed by atoms with Crippen LogP contribution in [0.25, 0.3) is 0 Å². The number of nitrogens with two attached hydrogens (primary N) is 1. The monoisotopic (exact) mass is 199 g/mol. The summed E-state index contributed by atoms with van der Waals surface area (Å²) in [6.45, 7) is 1.66. The molecule has 0 amide bonds. The minimum absolute atomic E-state index is 0.0558. The van der Waals surface area contributed by atoms with Gasteiger partial charge in [-0.2, -0.15) is 0 Å². The molecule has 0 saturated carbocycles. The van der Waals surface area contributed by atoms with Gasteiger partial charge in [-0.1, -0.05) is 4.49 Å². The van der Waals surface area contributed by atoms with E-state index in [2.05, 4.69) is 9.59 Å². The van der Waals surface area contributed by atoms with Crippen LogP contribution in [0, 0.1) is 5.92 Å². The Balaban J connectivity index is 1.99. The smallest absolute Gasteiger partial charge is 0.0669 e. The first-order valence-electron chi connectivity index (χ1n) is 4.48. The van der Waals surface area contributed by atoms with Gasteiger partial charge < -0.3 is 10.5 Å². The fraction of sp³-hybridized carbons (Fsp3) is 0.750. The van der Waals surface area contributed by atoms with E-state index in [-0.39, 0.29) is 6.04 Å². The van der Waals surface area contributed by atoms with Crippen LogP contribution in [-0.4, -0.2) is 22.8 Å². The van der Waals surface area contributed by atoms with E-state index in [1.807, 2.05) is 0 Å². The first kappa shape index (κ1) is 9.05. The summed E-state index contributed by atoms with van der Waals surface area (Å²) in [6, 6.07) is 0.0558. The number of ether oxygens (including phenoxy) is 1. The van der Waals surface area contributed by atoms with Crippen molar-refractivity contribution in [2.24, 2.45) is 11.7 Å². The van der Waals surface area contributed by atoms with Gasteiger partial charge in [0, 0.05) is 18.6 Å². The van der Waals surface area contributed by atoms with Crippen LogP contribution in [-0.2, 0) is 4.74 Å². The van der Waals surface area contributed by atoms with E-state index in [1.165, 1.54) is 11.5 Å². The number of aromatic nitrogens is 2. The summed E-state index contributed by atoms with van der Waals surface area (Å²) in [4.78, 5) is 1.07. The molecule has 0 bridgehead atoms. The number of rotatable bonds is 2. The molecule has 4 nitrogen and oxygen atoms in total. The van der Waals surface area contributed by atoms with Crippen LogP contribution in [0.5, 0.6) is 0 Å². The lowest BCUT2D eigenvalue weighted by molar-refractivity contribution is 0.0452. The lowest BCUT2D eigenvalue weighted by Gasteiger charge is -2.26. The van der Waals surface area contributed by atoms with Crippen molar-refractivity contribution in [3.05, 3.63) is 11.1 Å². The first-order chi connectivity index (χ1) is 6.38. The standard InChI is InChI=1S/C8H13N3OS/c9-8(7-4-10-11-13-7)6-2-1-3-12-5-6/h4,6,8H,1-3,5,9H2. The lowest BCUT2D eigenvalue weighted by Crippen LogP contribution is -2.28. The minimum Gasteiger partial charge on any atom is -0.381 e. The van der Waals surface area contributed by atoms with E-state index in [0.717, 1.165) is 30.9 Å². The molecule has 2 rings (SSSR count). The zero-order chi connectivity index (χ0) is 9.10. The minimum atomic E-state index is 0.0558. The molecular formula is C8H13N3OS. The Labute approximate surface area is 81.3 Å². The number of hydrogen-bond acceptors (Lipinski definition) is 5. The maximum atomic E-state index is 6.06. The van der Waals surface area contributed by atoms with Crippen molar-refractivity contribution < 1.29 is 4.74 Å². The maximum absolute atomic E-state index is 6.06. The van der Waals surface area contributed by atoms with Crippen LogP contribution in [0.4, 0.5) is 0 Å². The normalized spacial score (nSPS) is 25.8. The molecule has 0 spiro atoms. The molecule has 1 aromatic rings. The average molecular weight is 199 g/mol. The average Bonchev–Trinajstić information content (AvgIpc) is 2.71. The second-order valence-corrected chi connectivity index (χ2v) is 4.14. The van der Waals surface area contributed by atoms with Gasteiger partial charge in [-0.05, 0) is 24.4 Å². The molecule has 0 radical (unpaired) electrons. The Kier molecular flexibility index (Phi) is 2.87. The Morgan fingerprint density at radius 3 is 3.23 bits per heavy atom. The highest BCUT2D eigenvalue weighted by molar-refractivity contribution is 7.05. The van der Waals surface area contributed by atoms with Crippen molar-refractivity contribution in [1.29, 1.82) is 0 Å². The molecule has 1 aliphatic rings. The molecule has 1 saturated heterocycles. The Morgan fingerprint density at radius 2 is 2.62 bits per heavy atom. The second kappa shape index (κ2) is 4.13. The molecule has 0 aliphatic carbocycles. The topological polar surface area (TPSA) is 61.0 Å². The Hall–Kier alpha value is -0.520. The van der Waals surface area contributed by atoms with Crippen LogP contribution in [0.2, 0.25) is 0 Å². The van der Waals surface area contributed by atoms with Gasteiger partial charge in [0.2, 0.25) is 0 Å². The third-order valence-corrected chi connectivity index (χ3v) is 3.17. The van der Waals surface area contributed by atoms with Crippen LogP contribution in [0.3, 0.4) is 0 Å². The molecule has 1 aromatic heterocycles. The molecule has 5 heteroatoms. The number of hydrogen-bond donors (Lipinski definition) is 1. The van der Waals surface area contributed by atoms with E-state index in [9.17, 15) is 0 Å². The predicted octanol–water partition coefficient (Wildman–Crippen LogP) is 0.964. The highest BCUT2D eigenvalue weighted by atomic mass is 32.1. The van der Waals surface area contributed by atoms with Gasteiger partial charge in [0.25, 0.3) is 0 Å². The molecule has 72 valence electrons. The third kappa shape index (κ3) is 2.04. The maximum Gasteiger partial charge on any atom is 0.0669 e. The summed E-state index contributed by atoms with van der Waals surface area (Å²) in [5.74, 6) is 0.441. The molecule has 1 fully saturated rings. The summed E-state index contributed by atoms with van der Waals surface area (Å²) in [7, 11) is 0. The van der Waals surface area contributed by atoms with E-state index < -0.39 is 0 Å². The highest BCUT2D eigenvalue weighted by Crippen LogP contribution is 2.27. The van der Waals surface area contributed by atoms with E-state index in [4.69, 9.17) is 10.5 Å². The summed E-state index contributed by atoms with van der Waals surface area (Å²) in [6.07, 6.45) is 4.02. The van der Waals surface area contributed by atoms with Crippen molar-refractivity contribution in [3.8, 4) is 0 Å². The molecule has 2 atom stereocenters. The quantitative estimate of drug-likeness (QED) is 0.770. The Bertz CT molecular complexity index is 246. The molecule has 1 aliphatic heterocycles. The molecule has 2 unspecified atom stereocenters. The largest absolute Gasteiger partial charge is 0.381 e. The van der Waals surface area contributed by atoms with Crippen LogP contribution in [0.15, 0.2) is 6.20 Å². The molecular weight excluding hydrogens is 186 g/mol. The van der Waals surface area contributed by atoms with Gasteiger partial charge >= 0.3 is 0 Å². The highest BCUT2D eigenvalue weighted by Gasteiger charge is 2.23. The van der Waals surface area contributed by atoms with Gasteiger partial charge in [0.05, 0.1) is 17.7 Å². The molecule has 2 N–H and O–H groups in total. The van der Waals surface area contributed by atoms with Gasteiger partial charge in [0.1, 0.15) is 0 Å². The van der Waals surface area contributed by atoms with Crippen LogP contribution < -0.4 is 5.73 Å². The summed E-state index contributed by atoms with van der Waals surface area (Å²) >= 11 is 1.38. The van der Waals surface area contributed by atoms with Crippen molar-refractivity contribution in [1.82, 2.24) is 9.59 Å². The van der Waals surface area contributed by atoms with Gasteiger partial charge in [0.15, 0.2) is 0 Å². The fourth-order valence-electron chi connectivity index (χ4n) is 1.60. The van der Waals surface area contributed by atoms with Gasteiger partial charge in [-0.3, -0.25) is 0 Å². The van der Waals surface area contributed by atoms with E-state index >= 15 is 0 Å². The summed E-state index contributed by atoms with van der Waals surface area (Å²) < 4.78 is 9.19. The van der Waals surface area contributed by atoms with Gasteiger partial charge in [-0.15, -0.1) is 5.10 Å². The van der Waals surface area contributed by atoms with Gasteiger partial charge in [-0.25, -0.2) is 0 Å². The second-order valence-electron chi connectivity index (χ2n) is 3.32. The first-order valence-corrected chi connectivity index (χ1v) is 5.26. The van der Waals surface area contributed by atoms with Crippen molar-refractivity contribution >= 4 is 11.5 Å². The van der Waals surface area contributed by atoms with Crippen LogP contribution >= 0.6 is 11.5 Å². The SMILES string of the molecule is NC(c1cnns1)C1CCCOC1. The van der Waals surface area contributed by atoms with Crippen molar-refractivity contribution in [2.75, 3.05) is 13.2 Å². The molecule has 0 aromatic carbocycles. The van der Waals surface area contributed by atoms with E-state index in [0.29, 0.717) is 5.92 Å². The lowest BCUT2D eigenvalue weighted by atomic mass is 9.94. The van der Waals surface area contributed by atoms with Crippen LogP contribution in [0.1, 0.15) is 23.8 Å². The van der Waals surface area contributed by atoms with E-state index in [1.54, 1.807) is 6.20 Å². The third-order valence-electron chi connectivity index (χ3n) is 2.41. The number of nitrogens with zero attached hydrogens (tertiary/aromatic N) is 2. The fourth-order valence-corrected chi connectivity index (χ4v) is 2.20.